The largest absolute Gasteiger partial charge is 0.376 e. The second-order valence-corrected chi connectivity index (χ2v) is 5.15. The van der Waals surface area contributed by atoms with Gasteiger partial charge in [0.2, 0.25) is 0 Å². The molecule has 1 atom stereocenters. The lowest BCUT2D eigenvalue weighted by molar-refractivity contribution is 0.255. The average Bonchev–Trinajstić information content (AvgIpc) is 2.68. The molecule has 0 radical (unpaired) electrons. The van der Waals surface area contributed by atoms with E-state index in [-0.39, 0.29) is 0 Å². The zero-order valence-electron chi connectivity index (χ0n) is 8.74. The molecule has 3 heteroatoms. The van der Waals surface area contributed by atoms with E-state index in [0.29, 0.717) is 5.11 Å². The topological polar surface area (TPSA) is 29.3 Å². The van der Waals surface area contributed by atoms with Crippen LogP contribution in [0.3, 0.4) is 0 Å². The van der Waals surface area contributed by atoms with Gasteiger partial charge in [-0.2, -0.15) is 0 Å². The Morgan fingerprint density at radius 1 is 1.07 bits per heavy atom. The second kappa shape index (κ2) is 4.47. The first-order valence-corrected chi connectivity index (χ1v) is 6.22. The van der Waals surface area contributed by atoms with Gasteiger partial charge in [0.1, 0.15) is 0 Å². The lowest BCUT2D eigenvalue weighted by Crippen LogP contribution is -2.34. The number of nitrogens with zero attached hydrogens (tertiary/aromatic N) is 1. The molecule has 0 aromatic rings. The summed E-state index contributed by atoms with van der Waals surface area (Å²) in [6.45, 7) is 2.22. The van der Waals surface area contributed by atoms with E-state index in [9.17, 15) is 0 Å². The van der Waals surface area contributed by atoms with Gasteiger partial charge < -0.3 is 10.6 Å². The molecule has 1 aliphatic carbocycles. The Hall–Kier alpha value is -0.310. The molecule has 0 aromatic heterocycles. The zero-order valence-corrected chi connectivity index (χ0v) is 9.56. The highest BCUT2D eigenvalue weighted by molar-refractivity contribution is 7.80. The van der Waals surface area contributed by atoms with E-state index in [0.717, 1.165) is 24.9 Å². The molecule has 0 bridgehead atoms. The number of rotatable bonds is 1. The maximum atomic E-state index is 5.65. The van der Waals surface area contributed by atoms with Crippen LogP contribution in [0.1, 0.15) is 38.5 Å². The smallest absolute Gasteiger partial charge is 0.166 e. The molecule has 14 heavy (non-hydrogen) atoms. The monoisotopic (exact) mass is 212 g/mol. The fourth-order valence-corrected chi connectivity index (χ4v) is 3.14. The summed E-state index contributed by atoms with van der Waals surface area (Å²) in [5.41, 5.74) is 5.65. The van der Waals surface area contributed by atoms with Crippen molar-refractivity contribution < 1.29 is 0 Å². The Balaban J connectivity index is 1.85. The number of nitrogens with two attached hydrogens (primary N) is 1. The van der Waals surface area contributed by atoms with E-state index < -0.39 is 0 Å². The Kier molecular flexibility index (Phi) is 3.26. The van der Waals surface area contributed by atoms with Gasteiger partial charge in [0.15, 0.2) is 5.11 Å². The number of thiocarbonyl (C=S) groups is 1. The van der Waals surface area contributed by atoms with Crippen LogP contribution in [0, 0.1) is 11.8 Å². The Labute approximate surface area is 91.8 Å². The van der Waals surface area contributed by atoms with E-state index in [1.807, 2.05) is 0 Å². The van der Waals surface area contributed by atoms with E-state index in [1.165, 1.54) is 38.5 Å². The maximum Gasteiger partial charge on any atom is 0.166 e. The van der Waals surface area contributed by atoms with Crippen LogP contribution < -0.4 is 5.73 Å². The predicted molar refractivity (Wildman–Crippen MR) is 63.0 cm³/mol. The minimum atomic E-state index is 0.600. The predicted octanol–water partition coefficient (Wildman–Crippen LogP) is 2.13. The van der Waals surface area contributed by atoms with Gasteiger partial charge in [-0.3, -0.25) is 0 Å². The van der Waals surface area contributed by atoms with Crippen LogP contribution in [0.5, 0.6) is 0 Å². The number of hydrogen-bond donors (Lipinski definition) is 1. The third kappa shape index (κ3) is 2.19. The average molecular weight is 212 g/mol. The number of hydrogen-bond acceptors (Lipinski definition) is 1. The van der Waals surface area contributed by atoms with Crippen LogP contribution >= 0.6 is 12.2 Å². The van der Waals surface area contributed by atoms with Gasteiger partial charge >= 0.3 is 0 Å². The second-order valence-electron chi connectivity index (χ2n) is 4.73. The highest BCUT2D eigenvalue weighted by Gasteiger charge is 2.30. The van der Waals surface area contributed by atoms with Crippen LogP contribution in [0.4, 0.5) is 0 Å². The molecule has 80 valence electrons. The van der Waals surface area contributed by atoms with Crippen molar-refractivity contribution in [3.05, 3.63) is 0 Å². The minimum absolute atomic E-state index is 0.600. The van der Waals surface area contributed by atoms with Crippen LogP contribution in [-0.4, -0.2) is 23.1 Å². The van der Waals surface area contributed by atoms with Crippen LogP contribution in [-0.2, 0) is 0 Å². The molecule has 2 aliphatic rings. The quantitative estimate of drug-likeness (QED) is 0.675. The molecular weight excluding hydrogens is 192 g/mol. The normalized spacial score (nSPS) is 29.4. The van der Waals surface area contributed by atoms with E-state index in [4.69, 9.17) is 18.0 Å². The standard InChI is InChI=1S/C11H20N2S/c12-11(14)13-7-6-10(8-13)9-4-2-1-3-5-9/h9-10H,1-8H2,(H2,12,14). The molecule has 2 fully saturated rings. The molecule has 2 nitrogen and oxygen atoms in total. The van der Waals surface area contributed by atoms with Crippen molar-refractivity contribution in [3.63, 3.8) is 0 Å². The van der Waals surface area contributed by atoms with Gasteiger partial charge in [0, 0.05) is 13.1 Å². The highest BCUT2D eigenvalue weighted by atomic mass is 32.1. The molecule has 1 unspecified atom stereocenters. The third-order valence-electron chi connectivity index (χ3n) is 3.85. The molecule has 0 amide bonds. The summed E-state index contributed by atoms with van der Waals surface area (Å²) in [5.74, 6) is 1.83. The highest BCUT2D eigenvalue weighted by Crippen LogP contribution is 2.34. The van der Waals surface area contributed by atoms with Crippen molar-refractivity contribution in [2.75, 3.05) is 13.1 Å². The van der Waals surface area contributed by atoms with Gasteiger partial charge in [-0.05, 0) is 30.5 Å². The third-order valence-corrected chi connectivity index (χ3v) is 4.11. The summed E-state index contributed by atoms with van der Waals surface area (Å²) < 4.78 is 0. The van der Waals surface area contributed by atoms with Crippen LogP contribution in [0.15, 0.2) is 0 Å². The Bertz CT molecular complexity index is 211. The summed E-state index contributed by atoms with van der Waals surface area (Å²) in [7, 11) is 0. The lowest BCUT2D eigenvalue weighted by Gasteiger charge is -2.27. The van der Waals surface area contributed by atoms with Crippen molar-refractivity contribution >= 4 is 17.3 Å². The van der Waals surface area contributed by atoms with Crippen molar-refractivity contribution in [1.82, 2.24) is 4.90 Å². The summed E-state index contributed by atoms with van der Waals surface area (Å²) in [6, 6.07) is 0. The fourth-order valence-electron chi connectivity index (χ4n) is 2.98. The van der Waals surface area contributed by atoms with E-state index >= 15 is 0 Å². The van der Waals surface area contributed by atoms with Crippen molar-refractivity contribution in [1.29, 1.82) is 0 Å². The van der Waals surface area contributed by atoms with E-state index in [1.54, 1.807) is 0 Å². The molecule has 2 N–H and O–H groups in total. The SMILES string of the molecule is NC(=S)N1CCC(C2CCCCC2)C1. The molecule has 0 spiro atoms. The zero-order chi connectivity index (χ0) is 9.97. The van der Waals surface area contributed by atoms with Gasteiger partial charge in [-0.25, -0.2) is 0 Å². The van der Waals surface area contributed by atoms with Gasteiger partial charge in [-0.1, -0.05) is 32.1 Å². The summed E-state index contributed by atoms with van der Waals surface area (Å²) in [6.07, 6.45) is 8.51. The summed E-state index contributed by atoms with van der Waals surface area (Å²) in [5, 5.41) is 0.600. The first-order valence-electron chi connectivity index (χ1n) is 5.82. The Morgan fingerprint density at radius 2 is 1.79 bits per heavy atom. The fraction of sp³-hybridized carbons (Fsp3) is 0.909. The Morgan fingerprint density at radius 3 is 2.36 bits per heavy atom. The summed E-state index contributed by atoms with van der Waals surface area (Å²) >= 11 is 5.01. The van der Waals surface area contributed by atoms with Crippen LogP contribution in [0.25, 0.3) is 0 Å². The molecule has 1 aliphatic heterocycles. The summed E-state index contributed by atoms with van der Waals surface area (Å²) in [4.78, 5) is 2.18. The molecule has 0 aromatic carbocycles. The first-order chi connectivity index (χ1) is 6.77. The van der Waals surface area contributed by atoms with Crippen molar-refractivity contribution in [2.24, 2.45) is 17.6 Å². The van der Waals surface area contributed by atoms with Gasteiger partial charge in [0.05, 0.1) is 0 Å². The van der Waals surface area contributed by atoms with Gasteiger partial charge in [-0.15, -0.1) is 0 Å². The molecular formula is C11H20N2S. The minimum Gasteiger partial charge on any atom is -0.376 e. The van der Waals surface area contributed by atoms with Gasteiger partial charge in [0.25, 0.3) is 0 Å². The number of likely N-dealkylation sites (tertiary alicyclic amines) is 1. The maximum absolute atomic E-state index is 5.65. The van der Waals surface area contributed by atoms with Crippen molar-refractivity contribution in [2.45, 2.75) is 38.5 Å². The molecule has 1 saturated carbocycles. The molecule has 2 rings (SSSR count). The van der Waals surface area contributed by atoms with E-state index in [2.05, 4.69) is 4.90 Å². The lowest BCUT2D eigenvalue weighted by atomic mass is 9.80. The van der Waals surface area contributed by atoms with Crippen LogP contribution in [0.2, 0.25) is 0 Å². The molecule has 1 saturated heterocycles. The molecule has 1 heterocycles. The first kappa shape index (κ1) is 10.2. The van der Waals surface area contributed by atoms with Crippen molar-refractivity contribution in [3.8, 4) is 0 Å².